The number of ether oxygens (including phenoxy) is 1. The van der Waals surface area contributed by atoms with Gasteiger partial charge in [0.2, 0.25) is 0 Å². The molecule has 0 amide bonds. The number of ketones is 1. The maximum atomic E-state index is 12.3. The molecule has 19 heavy (non-hydrogen) atoms. The summed E-state index contributed by atoms with van der Waals surface area (Å²) in [5.74, 6) is -1.52. The van der Waals surface area contributed by atoms with E-state index in [-0.39, 0.29) is 5.78 Å². The molecule has 0 bridgehead atoms. The largest absolute Gasteiger partial charge is 0.468 e. The number of aromatic nitrogens is 2. The molecule has 98 valence electrons. The lowest BCUT2D eigenvalue weighted by Crippen LogP contribution is -2.24. The minimum Gasteiger partial charge on any atom is -0.468 e. The zero-order chi connectivity index (χ0) is 13.8. The molecule has 0 radical (unpaired) electrons. The standard InChI is InChI=1S/C14H14N2O3/c1-3-10(14(18)19-2)13(17)9-4-5-11-12(8-9)16-7-6-15-11/h4-8,10H,3H2,1-2H3. The third-order valence-corrected chi connectivity index (χ3v) is 2.96. The molecule has 1 heterocycles. The summed E-state index contributed by atoms with van der Waals surface area (Å²) >= 11 is 0. The molecule has 1 unspecified atom stereocenters. The molecule has 1 aromatic heterocycles. The van der Waals surface area contributed by atoms with Gasteiger partial charge >= 0.3 is 5.97 Å². The maximum Gasteiger partial charge on any atom is 0.316 e. The minimum atomic E-state index is -0.765. The molecule has 0 saturated carbocycles. The predicted octanol–water partition coefficient (Wildman–Crippen LogP) is 2.01. The van der Waals surface area contributed by atoms with Gasteiger partial charge in [0.15, 0.2) is 5.78 Å². The van der Waals surface area contributed by atoms with Crippen LogP contribution in [0.3, 0.4) is 0 Å². The van der Waals surface area contributed by atoms with Gasteiger partial charge in [-0.2, -0.15) is 0 Å². The average Bonchev–Trinajstić information content (AvgIpc) is 2.47. The number of carbonyl (C=O) groups is 2. The van der Waals surface area contributed by atoms with E-state index in [1.165, 1.54) is 7.11 Å². The van der Waals surface area contributed by atoms with Crippen LogP contribution in [-0.2, 0) is 9.53 Å². The zero-order valence-electron chi connectivity index (χ0n) is 10.8. The van der Waals surface area contributed by atoms with Crippen LogP contribution in [0.2, 0.25) is 0 Å². The van der Waals surface area contributed by atoms with Crippen molar-refractivity contribution >= 4 is 22.8 Å². The van der Waals surface area contributed by atoms with Crippen molar-refractivity contribution in [2.75, 3.05) is 7.11 Å². The van der Waals surface area contributed by atoms with Crippen LogP contribution in [0.25, 0.3) is 11.0 Å². The molecule has 5 nitrogen and oxygen atoms in total. The topological polar surface area (TPSA) is 69.2 Å². The van der Waals surface area contributed by atoms with Crippen molar-refractivity contribution in [3.63, 3.8) is 0 Å². The Morgan fingerprint density at radius 1 is 1.21 bits per heavy atom. The smallest absolute Gasteiger partial charge is 0.316 e. The first-order valence-electron chi connectivity index (χ1n) is 6.00. The van der Waals surface area contributed by atoms with Gasteiger partial charge in [-0.05, 0) is 24.6 Å². The minimum absolute atomic E-state index is 0.248. The van der Waals surface area contributed by atoms with Crippen molar-refractivity contribution in [2.24, 2.45) is 5.92 Å². The fourth-order valence-electron chi connectivity index (χ4n) is 1.92. The number of methoxy groups -OCH3 is 1. The Hall–Kier alpha value is -2.30. The average molecular weight is 258 g/mol. The van der Waals surface area contributed by atoms with E-state index >= 15 is 0 Å². The fourth-order valence-corrected chi connectivity index (χ4v) is 1.92. The SMILES string of the molecule is CCC(C(=O)OC)C(=O)c1ccc2nccnc2c1. The van der Waals surface area contributed by atoms with Crippen molar-refractivity contribution in [2.45, 2.75) is 13.3 Å². The Labute approximate surface area is 110 Å². The Morgan fingerprint density at radius 2 is 1.89 bits per heavy atom. The number of carbonyl (C=O) groups excluding carboxylic acids is 2. The van der Waals surface area contributed by atoms with E-state index in [0.29, 0.717) is 23.0 Å². The van der Waals surface area contributed by atoms with Crippen LogP contribution < -0.4 is 0 Å². The molecule has 1 aromatic carbocycles. The fraction of sp³-hybridized carbons (Fsp3) is 0.286. The Balaban J connectivity index is 2.37. The van der Waals surface area contributed by atoms with Gasteiger partial charge in [-0.25, -0.2) is 0 Å². The van der Waals surface area contributed by atoms with E-state index in [0.717, 1.165) is 0 Å². The van der Waals surface area contributed by atoms with Crippen molar-refractivity contribution in [1.29, 1.82) is 0 Å². The van der Waals surface area contributed by atoms with Crippen molar-refractivity contribution < 1.29 is 14.3 Å². The first kappa shape index (κ1) is 13.1. The summed E-state index contributed by atoms with van der Waals surface area (Å²) < 4.78 is 4.65. The molecule has 0 saturated heterocycles. The van der Waals surface area contributed by atoms with Crippen LogP contribution >= 0.6 is 0 Å². The lowest BCUT2D eigenvalue weighted by Gasteiger charge is -2.11. The van der Waals surface area contributed by atoms with Gasteiger partial charge in [0.25, 0.3) is 0 Å². The van der Waals surface area contributed by atoms with E-state index < -0.39 is 11.9 Å². The first-order chi connectivity index (χ1) is 9.17. The molecule has 1 atom stereocenters. The molecular weight excluding hydrogens is 244 g/mol. The number of rotatable bonds is 4. The zero-order valence-corrected chi connectivity index (χ0v) is 10.8. The van der Waals surface area contributed by atoms with Crippen LogP contribution in [0.5, 0.6) is 0 Å². The van der Waals surface area contributed by atoms with Gasteiger partial charge < -0.3 is 4.74 Å². The quantitative estimate of drug-likeness (QED) is 0.476. The summed E-state index contributed by atoms with van der Waals surface area (Å²) in [5.41, 5.74) is 1.79. The summed E-state index contributed by atoms with van der Waals surface area (Å²) in [6, 6.07) is 5.03. The highest BCUT2D eigenvalue weighted by molar-refractivity contribution is 6.09. The molecule has 2 aromatic rings. The predicted molar refractivity (Wildman–Crippen MR) is 69.7 cm³/mol. The van der Waals surface area contributed by atoms with Gasteiger partial charge in [-0.1, -0.05) is 6.92 Å². The van der Waals surface area contributed by atoms with Crippen LogP contribution in [-0.4, -0.2) is 28.8 Å². The lowest BCUT2D eigenvalue weighted by atomic mass is 9.95. The van der Waals surface area contributed by atoms with Crippen molar-refractivity contribution in [3.05, 3.63) is 36.2 Å². The number of hydrogen-bond acceptors (Lipinski definition) is 5. The van der Waals surface area contributed by atoms with Crippen molar-refractivity contribution in [3.8, 4) is 0 Å². The Morgan fingerprint density at radius 3 is 2.53 bits per heavy atom. The van der Waals surface area contributed by atoms with E-state index in [4.69, 9.17) is 0 Å². The molecule has 0 N–H and O–H groups in total. The van der Waals surface area contributed by atoms with E-state index in [9.17, 15) is 9.59 Å². The highest BCUT2D eigenvalue weighted by atomic mass is 16.5. The summed E-state index contributed by atoms with van der Waals surface area (Å²) in [6.45, 7) is 1.78. The second kappa shape index (κ2) is 5.56. The highest BCUT2D eigenvalue weighted by Crippen LogP contribution is 2.17. The van der Waals surface area contributed by atoms with Gasteiger partial charge in [0.1, 0.15) is 5.92 Å². The van der Waals surface area contributed by atoms with Crippen LogP contribution in [0, 0.1) is 5.92 Å². The van der Waals surface area contributed by atoms with Crippen molar-refractivity contribution in [1.82, 2.24) is 9.97 Å². The number of Topliss-reactive ketones (excluding diaryl/α,β-unsaturated/α-hetero) is 1. The molecule has 0 aliphatic heterocycles. The number of benzene rings is 1. The second-order valence-corrected chi connectivity index (χ2v) is 4.11. The van der Waals surface area contributed by atoms with Crippen LogP contribution in [0.15, 0.2) is 30.6 Å². The van der Waals surface area contributed by atoms with Gasteiger partial charge in [0.05, 0.1) is 18.1 Å². The molecule has 0 aliphatic carbocycles. The van der Waals surface area contributed by atoms with Crippen LogP contribution in [0.1, 0.15) is 23.7 Å². The second-order valence-electron chi connectivity index (χ2n) is 4.11. The third kappa shape index (κ3) is 2.59. The normalized spacial score (nSPS) is 12.1. The molecule has 0 aliphatic rings. The van der Waals surface area contributed by atoms with Gasteiger partial charge in [-0.15, -0.1) is 0 Å². The Bertz CT molecular complexity index is 625. The van der Waals surface area contributed by atoms with Crippen LogP contribution in [0.4, 0.5) is 0 Å². The summed E-state index contributed by atoms with van der Waals surface area (Å²) in [7, 11) is 1.28. The van der Waals surface area contributed by atoms with E-state index in [1.807, 2.05) is 0 Å². The van der Waals surface area contributed by atoms with Gasteiger partial charge in [-0.3, -0.25) is 19.6 Å². The molecular formula is C14H14N2O3. The summed E-state index contributed by atoms with van der Waals surface area (Å²) in [5, 5.41) is 0. The number of hydrogen-bond donors (Lipinski definition) is 0. The lowest BCUT2D eigenvalue weighted by molar-refractivity contribution is -0.143. The van der Waals surface area contributed by atoms with E-state index in [2.05, 4.69) is 14.7 Å². The number of fused-ring (bicyclic) bond motifs is 1. The first-order valence-corrected chi connectivity index (χ1v) is 6.00. The maximum absolute atomic E-state index is 12.3. The highest BCUT2D eigenvalue weighted by Gasteiger charge is 2.26. The molecule has 5 heteroatoms. The van der Waals surface area contributed by atoms with E-state index in [1.54, 1.807) is 37.5 Å². The molecule has 2 rings (SSSR count). The Kier molecular flexibility index (Phi) is 3.85. The van der Waals surface area contributed by atoms with Gasteiger partial charge in [0, 0.05) is 18.0 Å². The monoisotopic (exact) mass is 258 g/mol. The summed E-state index contributed by atoms with van der Waals surface area (Å²) in [4.78, 5) is 32.1. The molecule has 0 fully saturated rings. The summed E-state index contributed by atoms with van der Waals surface area (Å²) in [6.07, 6.45) is 3.56. The third-order valence-electron chi connectivity index (χ3n) is 2.96. The number of nitrogens with zero attached hydrogens (tertiary/aromatic N) is 2. The molecule has 0 spiro atoms. The number of esters is 1.